The van der Waals surface area contributed by atoms with Gasteiger partial charge in [-0.1, -0.05) is 108 Å². The monoisotopic (exact) mass is 786 g/mol. The molecule has 0 atom stereocenters. The van der Waals surface area contributed by atoms with Gasteiger partial charge in [0, 0.05) is 60.2 Å². The van der Waals surface area contributed by atoms with Gasteiger partial charge in [-0.3, -0.25) is 19.3 Å². The predicted molar refractivity (Wildman–Crippen MR) is 225 cm³/mol. The van der Waals surface area contributed by atoms with E-state index in [2.05, 4.69) is 107 Å². The van der Waals surface area contributed by atoms with Crippen LogP contribution in [-0.2, 0) is 25.0 Å². The quantitative estimate of drug-likeness (QED) is 0.119. The van der Waals surface area contributed by atoms with Crippen molar-refractivity contribution in [3.63, 3.8) is 0 Å². The molecule has 4 N–H and O–H groups in total. The van der Waals surface area contributed by atoms with E-state index in [0.29, 0.717) is 24.1 Å². The number of halogens is 2. The molecule has 0 saturated heterocycles. The smallest absolute Gasteiger partial charge is 0.145 e. The van der Waals surface area contributed by atoms with Crippen LogP contribution in [0.1, 0.15) is 58.2 Å². The number of nitrogens with two attached hydrogens (primary N) is 1. The number of nitrogens with zero attached hydrogens (tertiary/aromatic N) is 3. The molecular weight excluding hydrogens is 729 g/mol. The number of fused-ring (bicyclic) bond motifs is 2. The average Bonchev–Trinajstić information content (AvgIpc) is 3.19. The molecule has 2 aromatic heterocycles. The molecule has 284 valence electrons. The fourth-order valence-corrected chi connectivity index (χ4v) is 6.23. The summed E-state index contributed by atoms with van der Waals surface area (Å²) in [6, 6.07) is 37.2. The minimum Gasteiger partial charge on any atom is -0.506 e. The Hall–Kier alpha value is -4.41. The van der Waals surface area contributed by atoms with E-state index < -0.39 is 7.15 Å². The van der Waals surface area contributed by atoms with Gasteiger partial charge in [-0.2, -0.15) is 0 Å². The van der Waals surface area contributed by atoms with Crippen molar-refractivity contribution in [2.45, 2.75) is 71.7 Å². The zero-order chi connectivity index (χ0) is 39.7. The van der Waals surface area contributed by atoms with Crippen LogP contribution in [0.2, 0.25) is 0 Å². The van der Waals surface area contributed by atoms with Gasteiger partial charge in [0.05, 0.1) is 15.6 Å². The maximum atomic E-state index is 9.96. The SMILES string of the molecule is CCN(C(C)C)C(C)C.COc1cccc2c(CNCc3ccccc3)ccnc12.NCc1ccccc1.Oc1cccc2c(CBr)ccnc12.[2H]CF. The molecule has 0 spiro atoms. The summed E-state index contributed by atoms with van der Waals surface area (Å²) in [6.45, 7) is 14.6. The van der Waals surface area contributed by atoms with Crippen LogP contribution < -0.4 is 15.8 Å². The Morgan fingerprint density at radius 1 is 0.774 bits per heavy atom. The number of phenolic OH excluding ortho intramolecular Hbond substituents is 1. The first-order chi connectivity index (χ1) is 26.1. The topological polar surface area (TPSA) is 96.5 Å². The molecule has 0 unspecified atom stereocenters. The third kappa shape index (κ3) is 14.9. The summed E-state index contributed by atoms with van der Waals surface area (Å²) < 4.78 is 20.9. The molecule has 4 aromatic carbocycles. The molecule has 0 bridgehead atoms. The fraction of sp³-hybridized carbons (Fsp3) is 0.318. The Morgan fingerprint density at radius 2 is 1.30 bits per heavy atom. The van der Waals surface area contributed by atoms with Gasteiger partial charge in [0.15, 0.2) is 0 Å². The van der Waals surface area contributed by atoms with Gasteiger partial charge in [0.2, 0.25) is 0 Å². The van der Waals surface area contributed by atoms with Crippen molar-refractivity contribution in [3.8, 4) is 11.5 Å². The standard InChI is InChI=1S/C18H18N2O.C10H8BrNO.C8H19N.C7H9N.CH3F/c1-21-17-9-5-8-16-15(10-11-20-18(16)17)13-19-12-14-6-3-2-4-7-14;11-6-7-4-5-12-10-8(7)2-1-3-9(10)13;1-6-9(7(2)3)8(4)5;8-6-7-4-2-1-3-5-7;1-2/h2-11,19H,12-13H2,1H3;1-5,13H,6H2;7-8H,6H2,1-5H3;1-5H,6,8H2;1H3/i;;;;1D. The summed E-state index contributed by atoms with van der Waals surface area (Å²) in [5, 5.41) is 15.9. The third-order valence-corrected chi connectivity index (χ3v) is 8.89. The van der Waals surface area contributed by atoms with Gasteiger partial charge in [-0.25, -0.2) is 0 Å². The van der Waals surface area contributed by atoms with E-state index in [1.165, 1.54) is 16.7 Å². The summed E-state index contributed by atoms with van der Waals surface area (Å²) in [4.78, 5) is 11.0. The molecule has 53 heavy (non-hydrogen) atoms. The first kappa shape index (κ1) is 43.0. The van der Waals surface area contributed by atoms with E-state index in [-0.39, 0.29) is 5.75 Å². The number of rotatable bonds is 10. The lowest BCUT2D eigenvalue weighted by atomic mass is 10.1. The maximum absolute atomic E-state index is 9.96. The Bertz CT molecular complexity index is 1880. The summed E-state index contributed by atoms with van der Waals surface area (Å²) in [7, 11) is 0.677. The van der Waals surface area contributed by atoms with E-state index >= 15 is 0 Å². The Labute approximate surface area is 326 Å². The second-order valence-corrected chi connectivity index (χ2v) is 13.0. The number of benzene rings is 4. The molecule has 0 aliphatic carbocycles. The van der Waals surface area contributed by atoms with Gasteiger partial charge in [-0.05, 0) is 80.8 Å². The molecule has 0 amide bonds. The van der Waals surface area contributed by atoms with Crippen molar-refractivity contribution < 1.29 is 15.6 Å². The number of ether oxygens (including phenoxy) is 1. The maximum Gasteiger partial charge on any atom is 0.145 e. The lowest BCUT2D eigenvalue weighted by Gasteiger charge is -2.28. The number of phenols is 1. The number of para-hydroxylation sites is 2. The zero-order valence-electron chi connectivity index (χ0n) is 33.0. The first-order valence-electron chi connectivity index (χ1n) is 18.5. The average molecular weight is 788 g/mol. The fourth-order valence-electron chi connectivity index (χ4n) is 5.74. The normalized spacial score (nSPS) is 10.6. The van der Waals surface area contributed by atoms with Gasteiger partial charge in [0.25, 0.3) is 0 Å². The molecule has 7 nitrogen and oxygen atoms in total. The molecular formula is C44H57BrFN5O2. The van der Waals surface area contributed by atoms with Crippen LogP contribution in [0.5, 0.6) is 11.5 Å². The number of hydrogen-bond acceptors (Lipinski definition) is 7. The molecule has 0 aliphatic heterocycles. The number of nitrogens with one attached hydrogen (secondary N) is 1. The second-order valence-electron chi connectivity index (χ2n) is 12.4. The van der Waals surface area contributed by atoms with E-state index in [1.807, 2.05) is 72.9 Å². The van der Waals surface area contributed by atoms with Crippen LogP contribution in [0.15, 0.2) is 122 Å². The highest BCUT2D eigenvalue weighted by Gasteiger charge is 2.09. The predicted octanol–water partition coefficient (Wildman–Crippen LogP) is 10.2. The number of aromatic nitrogens is 2. The lowest BCUT2D eigenvalue weighted by Crippen LogP contribution is -2.36. The molecule has 9 heteroatoms. The van der Waals surface area contributed by atoms with Gasteiger partial charge in [-0.15, -0.1) is 0 Å². The van der Waals surface area contributed by atoms with Crippen LogP contribution in [-0.4, -0.2) is 52.9 Å². The number of aromatic hydroxyl groups is 1. The minimum absolute atomic E-state index is 0.236. The van der Waals surface area contributed by atoms with Crippen molar-refractivity contribution in [1.29, 1.82) is 0 Å². The Kier molecular flexibility index (Phi) is 20.7. The second kappa shape index (κ2) is 25.5. The van der Waals surface area contributed by atoms with E-state index in [0.717, 1.165) is 52.6 Å². The van der Waals surface area contributed by atoms with Crippen LogP contribution in [0.25, 0.3) is 21.8 Å². The van der Waals surface area contributed by atoms with Crippen molar-refractivity contribution in [3.05, 3.63) is 144 Å². The summed E-state index contributed by atoms with van der Waals surface area (Å²) in [6.07, 6.45) is 3.54. The van der Waals surface area contributed by atoms with E-state index in [9.17, 15) is 9.50 Å². The molecule has 0 radical (unpaired) electrons. The van der Waals surface area contributed by atoms with Crippen LogP contribution in [0.3, 0.4) is 0 Å². The highest BCUT2D eigenvalue weighted by molar-refractivity contribution is 9.08. The lowest BCUT2D eigenvalue weighted by molar-refractivity contribution is 0.185. The Balaban J connectivity index is 0.000000262. The number of methoxy groups -OCH3 is 1. The van der Waals surface area contributed by atoms with Crippen molar-refractivity contribution in [2.75, 3.05) is 20.8 Å². The van der Waals surface area contributed by atoms with Crippen LogP contribution in [0, 0.1) is 0 Å². The molecule has 0 fully saturated rings. The molecule has 6 rings (SSSR count). The van der Waals surface area contributed by atoms with Crippen LogP contribution in [0.4, 0.5) is 4.39 Å². The summed E-state index contributed by atoms with van der Waals surface area (Å²) in [5.74, 6) is 1.05. The third-order valence-electron chi connectivity index (χ3n) is 8.29. The minimum atomic E-state index is -1.00. The van der Waals surface area contributed by atoms with E-state index in [1.54, 1.807) is 19.4 Å². The van der Waals surface area contributed by atoms with E-state index in [4.69, 9.17) is 11.8 Å². The summed E-state index contributed by atoms with van der Waals surface area (Å²) in [5.41, 5.74) is 11.8. The van der Waals surface area contributed by atoms with Gasteiger partial charge >= 0.3 is 0 Å². The highest BCUT2D eigenvalue weighted by atomic mass is 79.9. The van der Waals surface area contributed by atoms with Crippen molar-refractivity contribution in [2.24, 2.45) is 5.73 Å². The van der Waals surface area contributed by atoms with Gasteiger partial charge in [0.1, 0.15) is 22.5 Å². The molecule has 0 aliphatic rings. The summed E-state index contributed by atoms with van der Waals surface area (Å²) >= 11 is 3.39. The number of pyridine rings is 2. The van der Waals surface area contributed by atoms with Crippen molar-refractivity contribution >= 4 is 37.7 Å². The Morgan fingerprint density at radius 3 is 1.79 bits per heavy atom. The highest BCUT2D eigenvalue weighted by Crippen LogP contribution is 2.26. The number of alkyl halides is 2. The number of hydrogen-bond donors (Lipinski definition) is 3. The largest absolute Gasteiger partial charge is 0.506 e. The molecule has 0 saturated carbocycles. The molecule has 2 heterocycles. The van der Waals surface area contributed by atoms with Crippen LogP contribution >= 0.6 is 15.9 Å². The molecule has 6 aromatic rings. The van der Waals surface area contributed by atoms with Gasteiger partial charge < -0.3 is 20.9 Å². The zero-order valence-corrected chi connectivity index (χ0v) is 33.6. The first-order valence-corrected chi connectivity index (χ1v) is 18.9. The van der Waals surface area contributed by atoms with Crippen molar-refractivity contribution in [1.82, 2.24) is 20.2 Å².